The second-order valence-electron chi connectivity index (χ2n) is 3.99. The van der Waals surface area contributed by atoms with E-state index in [-0.39, 0.29) is 0 Å². The molecule has 0 atom stereocenters. The zero-order valence-electron chi connectivity index (χ0n) is 11.3. The highest BCUT2D eigenvalue weighted by molar-refractivity contribution is 7.98. The van der Waals surface area contributed by atoms with Gasteiger partial charge in [-0.25, -0.2) is 9.97 Å². The zero-order chi connectivity index (χ0) is 14.4. The van der Waals surface area contributed by atoms with Crippen molar-refractivity contribution in [3.63, 3.8) is 0 Å². The highest BCUT2D eigenvalue weighted by Crippen LogP contribution is 2.19. The van der Waals surface area contributed by atoms with Crippen LogP contribution >= 0.6 is 11.8 Å². The van der Waals surface area contributed by atoms with E-state index >= 15 is 0 Å². The van der Waals surface area contributed by atoms with E-state index in [0.717, 1.165) is 22.2 Å². The third kappa shape index (κ3) is 3.19. The summed E-state index contributed by atoms with van der Waals surface area (Å²) in [6.07, 6.45) is 3.74. The first-order valence-corrected chi connectivity index (χ1v) is 7.31. The minimum absolute atomic E-state index is 0.559. The number of nitrogens with one attached hydrogen (secondary N) is 2. The number of anilines is 2. The van der Waals surface area contributed by atoms with Crippen LogP contribution in [0.1, 0.15) is 11.1 Å². The maximum absolute atomic E-state index is 9.05. The minimum atomic E-state index is 0.559. The lowest BCUT2D eigenvalue weighted by Crippen LogP contribution is -2.07. The van der Waals surface area contributed by atoms with Crippen molar-refractivity contribution in [3.8, 4) is 6.07 Å². The van der Waals surface area contributed by atoms with Crippen LogP contribution in [0.5, 0.6) is 0 Å². The molecule has 0 fully saturated rings. The van der Waals surface area contributed by atoms with Gasteiger partial charge in [-0.2, -0.15) is 5.26 Å². The molecule has 0 bridgehead atoms. The Morgan fingerprint density at radius 3 is 2.85 bits per heavy atom. The molecule has 20 heavy (non-hydrogen) atoms. The normalized spacial score (nSPS) is 9.85. The van der Waals surface area contributed by atoms with E-state index in [0.29, 0.717) is 12.1 Å². The fourth-order valence-corrected chi connectivity index (χ4v) is 2.10. The van der Waals surface area contributed by atoms with Gasteiger partial charge in [0, 0.05) is 25.4 Å². The lowest BCUT2D eigenvalue weighted by Gasteiger charge is -2.11. The number of hydrogen-bond donors (Lipinski definition) is 2. The molecular formula is C14H15N5S. The number of nitrogens with zero attached hydrogens (tertiary/aromatic N) is 3. The van der Waals surface area contributed by atoms with Gasteiger partial charge in [0.05, 0.1) is 11.3 Å². The Morgan fingerprint density at radius 1 is 1.35 bits per heavy atom. The fraction of sp³-hybridized carbons (Fsp3) is 0.214. The van der Waals surface area contributed by atoms with Crippen LogP contribution in [0.2, 0.25) is 0 Å². The van der Waals surface area contributed by atoms with Crippen LogP contribution in [0, 0.1) is 11.3 Å². The number of aromatic nitrogens is 2. The second kappa shape index (κ2) is 6.78. The first-order chi connectivity index (χ1) is 9.78. The largest absolute Gasteiger partial charge is 0.380 e. The first kappa shape index (κ1) is 14.2. The summed E-state index contributed by atoms with van der Waals surface area (Å²) in [6, 6.07) is 9.58. The minimum Gasteiger partial charge on any atom is -0.380 e. The molecule has 6 heteroatoms. The summed E-state index contributed by atoms with van der Waals surface area (Å²) in [5.41, 5.74) is 2.39. The van der Waals surface area contributed by atoms with E-state index in [9.17, 15) is 0 Å². The Hall–Kier alpha value is -2.26. The van der Waals surface area contributed by atoms with Crippen LogP contribution < -0.4 is 10.6 Å². The Labute approximate surface area is 122 Å². The summed E-state index contributed by atoms with van der Waals surface area (Å²) in [5.74, 6) is 0.797. The number of nitriles is 1. The summed E-state index contributed by atoms with van der Waals surface area (Å²) >= 11 is 1.50. The molecule has 0 amide bonds. The summed E-state index contributed by atoms with van der Waals surface area (Å²) in [5, 5.41) is 16.1. The average Bonchev–Trinajstić information content (AvgIpc) is 2.52. The maximum atomic E-state index is 9.05. The van der Waals surface area contributed by atoms with E-state index in [2.05, 4.69) is 26.7 Å². The standard InChI is InChI=1S/C14H15N5S/c1-16-13-11(9-18-14(19-13)20-2)8-17-12-6-4-3-5-10(12)7-15/h3-6,9,17H,8H2,1-2H3,(H,16,18,19). The number of rotatable bonds is 5. The van der Waals surface area contributed by atoms with Gasteiger partial charge < -0.3 is 10.6 Å². The molecule has 102 valence electrons. The van der Waals surface area contributed by atoms with E-state index in [1.807, 2.05) is 31.5 Å². The number of benzene rings is 1. The van der Waals surface area contributed by atoms with Crippen LogP contribution in [-0.2, 0) is 6.54 Å². The van der Waals surface area contributed by atoms with Gasteiger partial charge in [0.15, 0.2) is 5.16 Å². The molecule has 1 aromatic heterocycles. The van der Waals surface area contributed by atoms with Crippen LogP contribution in [0.25, 0.3) is 0 Å². The van der Waals surface area contributed by atoms with Gasteiger partial charge >= 0.3 is 0 Å². The summed E-state index contributed by atoms with van der Waals surface area (Å²) in [4.78, 5) is 8.67. The monoisotopic (exact) mass is 285 g/mol. The maximum Gasteiger partial charge on any atom is 0.189 e. The van der Waals surface area contributed by atoms with Gasteiger partial charge in [0.2, 0.25) is 0 Å². The Bertz CT molecular complexity index is 636. The van der Waals surface area contributed by atoms with Gasteiger partial charge in [-0.05, 0) is 18.4 Å². The van der Waals surface area contributed by atoms with E-state index in [4.69, 9.17) is 5.26 Å². The van der Waals surface area contributed by atoms with Gasteiger partial charge in [0.25, 0.3) is 0 Å². The van der Waals surface area contributed by atoms with Crippen LogP contribution in [0.3, 0.4) is 0 Å². The molecule has 0 aliphatic carbocycles. The summed E-state index contributed by atoms with van der Waals surface area (Å²) in [6.45, 7) is 0.559. The highest BCUT2D eigenvalue weighted by atomic mass is 32.2. The zero-order valence-corrected chi connectivity index (χ0v) is 12.2. The molecule has 0 aliphatic rings. The van der Waals surface area contributed by atoms with Crippen molar-refractivity contribution >= 4 is 23.3 Å². The molecule has 0 radical (unpaired) electrons. The van der Waals surface area contributed by atoms with Crippen molar-refractivity contribution < 1.29 is 0 Å². The molecule has 1 heterocycles. The van der Waals surface area contributed by atoms with Crippen molar-refractivity contribution in [1.29, 1.82) is 5.26 Å². The van der Waals surface area contributed by atoms with Crippen molar-refractivity contribution in [2.45, 2.75) is 11.7 Å². The van der Waals surface area contributed by atoms with Crippen molar-refractivity contribution in [2.24, 2.45) is 0 Å². The topological polar surface area (TPSA) is 73.6 Å². The van der Waals surface area contributed by atoms with Crippen molar-refractivity contribution in [2.75, 3.05) is 23.9 Å². The Kier molecular flexibility index (Phi) is 4.80. The van der Waals surface area contributed by atoms with Gasteiger partial charge in [-0.3, -0.25) is 0 Å². The molecule has 5 nitrogen and oxygen atoms in total. The van der Waals surface area contributed by atoms with E-state index in [1.165, 1.54) is 11.8 Å². The van der Waals surface area contributed by atoms with Crippen LogP contribution in [0.4, 0.5) is 11.5 Å². The highest BCUT2D eigenvalue weighted by Gasteiger charge is 2.06. The van der Waals surface area contributed by atoms with Crippen LogP contribution in [0.15, 0.2) is 35.6 Å². The van der Waals surface area contributed by atoms with Crippen molar-refractivity contribution in [1.82, 2.24) is 9.97 Å². The SMILES string of the molecule is CNc1nc(SC)ncc1CNc1ccccc1C#N. The molecule has 1 aromatic carbocycles. The third-order valence-electron chi connectivity index (χ3n) is 2.78. The fourth-order valence-electron chi connectivity index (χ4n) is 1.76. The molecule has 2 rings (SSSR count). The molecule has 0 saturated heterocycles. The number of hydrogen-bond acceptors (Lipinski definition) is 6. The summed E-state index contributed by atoms with van der Waals surface area (Å²) < 4.78 is 0. The molecule has 2 N–H and O–H groups in total. The van der Waals surface area contributed by atoms with E-state index < -0.39 is 0 Å². The number of para-hydroxylation sites is 1. The molecular weight excluding hydrogens is 270 g/mol. The molecule has 0 unspecified atom stereocenters. The molecule has 0 aliphatic heterocycles. The molecule has 0 spiro atoms. The van der Waals surface area contributed by atoms with Crippen molar-refractivity contribution in [3.05, 3.63) is 41.6 Å². The first-order valence-electron chi connectivity index (χ1n) is 6.09. The number of thioether (sulfide) groups is 1. The predicted octanol–water partition coefficient (Wildman–Crippen LogP) is 2.72. The van der Waals surface area contributed by atoms with Gasteiger partial charge in [0.1, 0.15) is 11.9 Å². The lowest BCUT2D eigenvalue weighted by atomic mass is 10.2. The van der Waals surface area contributed by atoms with Gasteiger partial charge in [-0.1, -0.05) is 23.9 Å². The molecule has 2 aromatic rings. The third-order valence-corrected chi connectivity index (χ3v) is 3.34. The smallest absolute Gasteiger partial charge is 0.189 e. The second-order valence-corrected chi connectivity index (χ2v) is 4.76. The summed E-state index contributed by atoms with van der Waals surface area (Å²) in [7, 11) is 1.83. The Balaban J connectivity index is 2.17. The molecule has 0 saturated carbocycles. The van der Waals surface area contributed by atoms with E-state index in [1.54, 1.807) is 12.3 Å². The quantitative estimate of drug-likeness (QED) is 0.650. The lowest BCUT2D eigenvalue weighted by molar-refractivity contribution is 0.934. The Morgan fingerprint density at radius 2 is 2.15 bits per heavy atom. The average molecular weight is 285 g/mol. The van der Waals surface area contributed by atoms with Gasteiger partial charge in [-0.15, -0.1) is 0 Å². The predicted molar refractivity (Wildman–Crippen MR) is 81.8 cm³/mol. The van der Waals surface area contributed by atoms with Crippen LogP contribution in [-0.4, -0.2) is 23.3 Å².